The molecule has 0 radical (unpaired) electrons. The Bertz CT molecular complexity index is 597. The van der Waals surface area contributed by atoms with Gasteiger partial charge in [0.25, 0.3) is 0 Å². The topological polar surface area (TPSA) is 0 Å². The first-order valence-electron chi connectivity index (χ1n) is 9.22. The van der Waals surface area contributed by atoms with Gasteiger partial charge in [0.1, 0.15) is 0 Å². The maximum absolute atomic E-state index is 6.67. The molecule has 0 spiro atoms. The number of hydrogen-bond donors (Lipinski definition) is 0. The van der Waals surface area contributed by atoms with Gasteiger partial charge in [-0.15, -0.1) is 0 Å². The van der Waals surface area contributed by atoms with Crippen LogP contribution in [0.4, 0.5) is 0 Å². The van der Waals surface area contributed by atoms with Crippen molar-refractivity contribution in [1.82, 2.24) is 0 Å². The van der Waals surface area contributed by atoms with Gasteiger partial charge < -0.3 is 0 Å². The Hall–Kier alpha value is 0.423. The summed E-state index contributed by atoms with van der Waals surface area (Å²) in [6.45, 7) is 0. The van der Waals surface area contributed by atoms with Crippen LogP contribution in [0.2, 0.25) is 3.63 Å². The molecule has 3 unspecified atom stereocenters. The van der Waals surface area contributed by atoms with Crippen LogP contribution in [0.25, 0.3) is 0 Å². The number of halogens is 2. The second-order valence-corrected chi connectivity index (χ2v) is 16.7. The molecule has 0 saturated heterocycles. The van der Waals surface area contributed by atoms with E-state index in [2.05, 4.69) is 24.3 Å². The maximum atomic E-state index is 6.67. The quantitative estimate of drug-likeness (QED) is 0.445. The molecule has 23 heavy (non-hydrogen) atoms. The summed E-state index contributed by atoms with van der Waals surface area (Å²) in [6.07, 6.45) is 21.5. The van der Waals surface area contributed by atoms with Crippen LogP contribution in [-0.4, -0.2) is 0 Å². The summed E-state index contributed by atoms with van der Waals surface area (Å²) >= 11 is -2.30. The summed E-state index contributed by atoms with van der Waals surface area (Å²) in [4.78, 5) is 0. The zero-order valence-electron chi connectivity index (χ0n) is 13.7. The van der Waals surface area contributed by atoms with Gasteiger partial charge in [-0.2, -0.15) is 0 Å². The van der Waals surface area contributed by atoms with E-state index in [0.717, 1.165) is 0 Å². The van der Waals surface area contributed by atoms with E-state index in [1.165, 1.54) is 57.8 Å². The average Bonchev–Trinajstić information content (AvgIpc) is 3.16. The molecular weight excluding hydrogens is 402 g/mol. The van der Waals surface area contributed by atoms with E-state index in [4.69, 9.17) is 17.0 Å². The van der Waals surface area contributed by atoms with E-state index in [0.29, 0.717) is 15.5 Å². The third-order valence-electron chi connectivity index (χ3n) is 6.22. The molecule has 0 amide bonds. The van der Waals surface area contributed by atoms with Crippen LogP contribution in [0.15, 0.2) is 46.6 Å². The normalized spacial score (nSPS) is 30.7. The van der Waals surface area contributed by atoms with Gasteiger partial charge >= 0.3 is 156 Å². The van der Waals surface area contributed by atoms with Crippen molar-refractivity contribution in [2.75, 3.05) is 0 Å². The predicted octanol–water partition coefficient (Wildman–Crippen LogP) is 7.20. The average molecular weight is 428 g/mol. The molecule has 4 aliphatic carbocycles. The molecule has 0 fully saturated rings. The van der Waals surface area contributed by atoms with Crippen molar-refractivity contribution in [2.45, 2.75) is 61.4 Å². The molecule has 123 valence electrons. The van der Waals surface area contributed by atoms with Crippen molar-refractivity contribution < 1.29 is 19.4 Å². The standard InChI is InChI=1S/C20H25.2ClH.Zr/c1-3-7-19-15(5-1)9-11-17(19)13-14-18-12-10-16-6-2-4-8-20(16)18;;;/h9-13,17-18H,1-8,14H2;2*1H;/q;;;+2/p-2. The van der Waals surface area contributed by atoms with E-state index in [9.17, 15) is 0 Å². The van der Waals surface area contributed by atoms with Gasteiger partial charge in [-0.1, -0.05) is 0 Å². The van der Waals surface area contributed by atoms with E-state index in [1.54, 1.807) is 22.3 Å². The second-order valence-electron chi connectivity index (χ2n) is 7.50. The van der Waals surface area contributed by atoms with Crippen LogP contribution in [0.5, 0.6) is 0 Å². The third kappa shape index (κ3) is 3.40. The summed E-state index contributed by atoms with van der Waals surface area (Å²) in [5.41, 5.74) is 6.66. The van der Waals surface area contributed by atoms with Gasteiger partial charge in [0.15, 0.2) is 0 Å². The third-order valence-corrected chi connectivity index (χ3v) is 12.4. The predicted molar refractivity (Wildman–Crippen MR) is 96.3 cm³/mol. The monoisotopic (exact) mass is 425 g/mol. The Morgan fingerprint density at radius 2 is 1.48 bits per heavy atom. The molecule has 0 aromatic rings. The van der Waals surface area contributed by atoms with E-state index in [1.807, 2.05) is 0 Å². The van der Waals surface area contributed by atoms with Crippen LogP contribution < -0.4 is 0 Å². The fourth-order valence-electron chi connectivity index (χ4n) is 5.02. The van der Waals surface area contributed by atoms with Gasteiger partial charge in [0, 0.05) is 0 Å². The van der Waals surface area contributed by atoms with Crippen molar-refractivity contribution in [1.29, 1.82) is 0 Å². The van der Waals surface area contributed by atoms with Gasteiger partial charge in [0.05, 0.1) is 0 Å². The van der Waals surface area contributed by atoms with E-state index >= 15 is 0 Å². The molecule has 3 atom stereocenters. The van der Waals surface area contributed by atoms with Crippen LogP contribution in [0.1, 0.15) is 57.8 Å². The minimum atomic E-state index is -2.30. The number of rotatable bonds is 4. The molecule has 4 rings (SSSR count). The van der Waals surface area contributed by atoms with Crippen molar-refractivity contribution in [2.24, 2.45) is 11.8 Å². The van der Waals surface area contributed by atoms with E-state index in [-0.39, 0.29) is 0 Å². The molecule has 0 aliphatic heterocycles. The fraction of sp³-hybridized carbons (Fsp3) is 0.600. The zero-order chi connectivity index (χ0) is 15.8. The van der Waals surface area contributed by atoms with Gasteiger partial charge in [-0.3, -0.25) is 0 Å². The molecule has 0 nitrogen and oxygen atoms in total. The van der Waals surface area contributed by atoms with Crippen LogP contribution >= 0.6 is 17.0 Å². The van der Waals surface area contributed by atoms with Crippen LogP contribution in [0, 0.1) is 11.8 Å². The first kappa shape index (κ1) is 16.9. The number of allylic oxidation sites excluding steroid dienone is 8. The second kappa shape index (κ2) is 7.35. The molecule has 0 bridgehead atoms. The molecule has 4 aliphatic rings. The van der Waals surface area contributed by atoms with Gasteiger partial charge in [-0.05, 0) is 0 Å². The van der Waals surface area contributed by atoms with Crippen molar-refractivity contribution in [3.8, 4) is 0 Å². The van der Waals surface area contributed by atoms with Gasteiger partial charge in [0.2, 0.25) is 0 Å². The molecule has 0 aromatic carbocycles. The zero-order valence-corrected chi connectivity index (χ0v) is 17.6. The number of hydrogen-bond acceptors (Lipinski definition) is 0. The van der Waals surface area contributed by atoms with Crippen molar-refractivity contribution >= 4 is 17.0 Å². The fourth-order valence-corrected chi connectivity index (χ4v) is 10.2. The van der Waals surface area contributed by atoms with Crippen LogP contribution in [0.3, 0.4) is 0 Å². The Morgan fingerprint density at radius 1 is 0.870 bits per heavy atom. The Balaban J connectivity index is 1.53. The molecule has 0 N–H and O–H groups in total. The summed E-state index contributed by atoms with van der Waals surface area (Å²) in [5.74, 6) is 1.20. The Morgan fingerprint density at radius 3 is 2.22 bits per heavy atom. The summed E-state index contributed by atoms with van der Waals surface area (Å²) in [6, 6.07) is 0. The molecule has 0 heterocycles. The minimum absolute atomic E-state index is 0.547. The van der Waals surface area contributed by atoms with E-state index < -0.39 is 19.4 Å². The van der Waals surface area contributed by atoms with Gasteiger partial charge in [-0.25, -0.2) is 0 Å². The SMILES string of the molecule is [Cl][Zr]([Cl])[CH](CC1C=CC2=C1CCCC2)C1C=CC2=C1CCCC2. The first-order valence-corrected chi connectivity index (χ1v) is 17.0. The van der Waals surface area contributed by atoms with Crippen molar-refractivity contribution in [3.05, 3.63) is 46.6 Å². The molecule has 3 heteroatoms. The molecule has 0 saturated carbocycles. The summed E-state index contributed by atoms with van der Waals surface area (Å²) in [5, 5.41) is 0. The Kier molecular flexibility index (Phi) is 5.39. The molecule has 0 aromatic heterocycles. The first-order chi connectivity index (χ1) is 11.2. The Labute approximate surface area is 155 Å². The van der Waals surface area contributed by atoms with Crippen LogP contribution in [-0.2, 0) is 19.4 Å². The molecular formula is C20H25Cl2Zr. The summed E-state index contributed by atoms with van der Waals surface area (Å²) in [7, 11) is 13.3. The van der Waals surface area contributed by atoms with Crippen molar-refractivity contribution in [3.63, 3.8) is 0 Å². The summed E-state index contributed by atoms with van der Waals surface area (Å²) < 4.78 is 0.547.